The van der Waals surface area contributed by atoms with Gasteiger partial charge in [0.05, 0.1) is 4.92 Å². The zero-order valence-electron chi connectivity index (χ0n) is 15.8. The van der Waals surface area contributed by atoms with Crippen LogP contribution in [0.1, 0.15) is 36.2 Å². The Bertz CT molecular complexity index is 854. The zero-order valence-corrected chi connectivity index (χ0v) is 15.8. The minimum absolute atomic E-state index is 0.0820. The van der Waals surface area contributed by atoms with Crippen molar-refractivity contribution in [3.05, 3.63) is 69.8 Å². The lowest BCUT2D eigenvalue weighted by Crippen LogP contribution is -2.41. The highest BCUT2D eigenvalue weighted by Crippen LogP contribution is 2.27. The lowest BCUT2D eigenvalue weighted by Gasteiger charge is -2.27. The molecular formula is C20H23N3O5. The Hall–Kier alpha value is -3.42. The van der Waals surface area contributed by atoms with Crippen LogP contribution < -0.4 is 5.32 Å². The molecule has 2 N–H and O–H groups in total. The molecule has 8 nitrogen and oxygen atoms in total. The second-order valence-electron chi connectivity index (χ2n) is 6.41. The Balaban J connectivity index is 2.28. The molecule has 0 bridgehead atoms. The van der Waals surface area contributed by atoms with Gasteiger partial charge in [0, 0.05) is 24.2 Å². The first-order valence-electron chi connectivity index (χ1n) is 8.92. The summed E-state index contributed by atoms with van der Waals surface area (Å²) in [6, 6.07) is 13.2. The summed E-state index contributed by atoms with van der Waals surface area (Å²) in [7, 11) is 0. The van der Waals surface area contributed by atoms with Crippen LogP contribution in [0.25, 0.3) is 0 Å². The second kappa shape index (κ2) is 9.50. The first-order valence-corrected chi connectivity index (χ1v) is 8.92. The molecule has 28 heavy (non-hydrogen) atoms. The van der Waals surface area contributed by atoms with Crippen molar-refractivity contribution in [2.45, 2.75) is 32.9 Å². The maximum absolute atomic E-state index is 12.8. The van der Waals surface area contributed by atoms with Crippen molar-refractivity contribution in [1.29, 1.82) is 0 Å². The molecule has 2 aromatic carbocycles. The molecule has 0 heterocycles. The minimum Gasteiger partial charge on any atom is -0.480 e. The first-order chi connectivity index (χ1) is 13.3. The topological polar surface area (TPSA) is 113 Å². The van der Waals surface area contributed by atoms with Gasteiger partial charge in [-0.05, 0) is 31.0 Å². The fourth-order valence-corrected chi connectivity index (χ4v) is 2.72. The number of aliphatic carboxylic acids is 1. The van der Waals surface area contributed by atoms with E-state index in [1.54, 1.807) is 6.92 Å². The molecule has 0 aliphatic heterocycles. The SMILES string of the molecule is CCC(C)N(CC(=O)O)C(=O)c1ccc(NCc2ccccc2)c([N+](=O)[O-])c1. The number of nitro benzene ring substituents is 1. The van der Waals surface area contributed by atoms with Crippen molar-refractivity contribution in [2.75, 3.05) is 11.9 Å². The van der Waals surface area contributed by atoms with Crippen molar-refractivity contribution < 1.29 is 19.6 Å². The van der Waals surface area contributed by atoms with Gasteiger partial charge in [0.2, 0.25) is 0 Å². The predicted octanol–water partition coefficient (Wildman–Crippen LogP) is 3.53. The van der Waals surface area contributed by atoms with Crippen LogP contribution in [0.5, 0.6) is 0 Å². The van der Waals surface area contributed by atoms with Gasteiger partial charge in [0.25, 0.3) is 11.6 Å². The third-order valence-electron chi connectivity index (χ3n) is 4.46. The molecular weight excluding hydrogens is 362 g/mol. The van der Waals surface area contributed by atoms with Gasteiger partial charge < -0.3 is 15.3 Å². The number of nitro groups is 1. The number of amides is 1. The Labute approximate surface area is 162 Å². The predicted molar refractivity (Wildman–Crippen MR) is 105 cm³/mol. The average Bonchev–Trinajstić information content (AvgIpc) is 2.69. The van der Waals surface area contributed by atoms with E-state index >= 15 is 0 Å². The quantitative estimate of drug-likeness (QED) is 0.504. The summed E-state index contributed by atoms with van der Waals surface area (Å²) in [6.45, 7) is 3.51. The first kappa shape index (κ1) is 20.9. The third kappa shape index (κ3) is 5.29. The van der Waals surface area contributed by atoms with E-state index in [2.05, 4.69) is 5.32 Å². The van der Waals surface area contributed by atoms with Gasteiger partial charge in [-0.15, -0.1) is 0 Å². The van der Waals surface area contributed by atoms with Crippen molar-refractivity contribution in [1.82, 2.24) is 4.90 Å². The van der Waals surface area contributed by atoms with Crippen LogP contribution in [0.3, 0.4) is 0 Å². The Kier molecular flexibility index (Phi) is 7.08. The molecule has 0 fully saturated rings. The lowest BCUT2D eigenvalue weighted by atomic mass is 10.1. The zero-order chi connectivity index (χ0) is 20.7. The monoisotopic (exact) mass is 385 g/mol. The maximum Gasteiger partial charge on any atom is 0.323 e. The van der Waals surface area contributed by atoms with E-state index in [-0.39, 0.29) is 17.3 Å². The fourth-order valence-electron chi connectivity index (χ4n) is 2.72. The summed E-state index contributed by atoms with van der Waals surface area (Å²) in [4.78, 5) is 36.0. The molecule has 1 atom stereocenters. The van der Waals surface area contributed by atoms with Crippen molar-refractivity contribution >= 4 is 23.3 Å². The number of hydrogen-bond donors (Lipinski definition) is 2. The smallest absolute Gasteiger partial charge is 0.323 e. The normalized spacial score (nSPS) is 11.5. The van der Waals surface area contributed by atoms with Crippen LogP contribution in [-0.4, -0.2) is 39.4 Å². The largest absolute Gasteiger partial charge is 0.480 e. The highest BCUT2D eigenvalue weighted by atomic mass is 16.6. The third-order valence-corrected chi connectivity index (χ3v) is 4.46. The molecule has 148 valence electrons. The van der Waals surface area contributed by atoms with Gasteiger partial charge in [-0.2, -0.15) is 0 Å². The van der Waals surface area contributed by atoms with Crippen molar-refractivity contribution in [3.63, 3.8) is 0 Å². The van der Waals surface area contributed by atoms with Gasteiger partial charge in [-0.3, -0.25) is 19.7 Å². The highest BCUT2D eigenvalue weighted by Gasteiger charge is 2.25. The molecule has 0 aliphatic carbocycles. The standard InChI is InChI=1S/C20H23N3O5/c1-3-14(2)22(13-19(24)25)20(26)16-9-10-17(18(11-16)23(27)28)21-12-15-7-5-4-6-8-15/h4-11,14,21H,3,12-13H2,1-2H3,(H,24,25). The van der Waals surface area contributed by atoms with E-state index in [0.29, 0.717) is 18.7 Å². The highest BCUT2D eigenvalue weighted by molar-refractivity contribution is 5.97. The second-order valence-corrected chi connectivity index (χ2v) is 6.41. The number of benzene rings is 2. The molecule has 0 spiro atoms. The van der Waals surface area contributed by atoms with E-state index in [9.17, 15) is 19.7 Å². The molecule has 2 aromatic rings. The Morgan fingerprint density at radius 3 is 2.46 bits per heavy atom. The number of anilines is 1. The number of nitrogens with zero attached hydrogens (tertiary/aromatic N) is 2. The van der Waals surface area contributed by atoms with Gasteiger partial charge in [0.1, 0.15) is 12.2 Å². The summed E-state index contributed by atoms with van der Waals surface area (Å²) in [5, 5.41) is 23.6. The fraction of sp³-hybridized carbons (Fsp3) is 0.300. The number of hydrogen-bond acceptors (Lipinski definition) is 5. The van der Waals surface area contributed by atoms with E-state index < -0.39 is 23.3 Å². The van der Waals surface area contributed by atoms with Crippen LogP contribution in [0.4, 0.5) is 11.4 Å². The van der Waals surface area contributed by atoms with Crippen molar-refractivity contribution in [2.24, 2.45) is 0 Å². The van der Waals surface area contributed by atoms with Crippen LogP contribution in [-0.2, 0) is 11.3 Å². The average molecular weight is 385 g/mol. The summed E-state index contributed by atoms with van der Waals surface area (Å²) in [6.07, 6.45) is 0.567. The van der Waals surface area contributed by atoms with E-state index in [0.717, 1.165) is 5.56 Å². The van der Waals surface area contributed by atoms with Gasteiger partial charge in [-0.1, -0.05) is 37.3 Å². The lowest BCUT2D eigenvalue weighted by molar-refractivity contribution is -0.384. The molecule has 0 radical (unpaired) electrons. The van der Waals surface area contributed by atoms with Gasteiger partial charge >= 0.3 is 5.97 Å². The maximum atomic E-state index is 12.8. The van der Waals surface area contributed by atoms with Crippen molar-refractivity contribution in [3.8, 4) is 0 Å². The summed E-state index contributed by atoms with van der Waals surface area (Å²) < 4.78 is 0. The number of nitrogens with one attached hydrogen (secondary N) is 1. The van der Waals surface area contributed by atoms with E-state index in [1.165, 1.54) is 23.1 Å². The molecule has 0 aromatic heterocycles. The van der Waals surface area contributed by atoms with Crippen LogP contribution >= 0.6 is 0 Å². The minimum atomic E-state index is -1.13. The Morgan fingerprint density at radius 1 is 1.21 bits per heavy atom. The summed E-state index contributed by atoms with van der Waals surface area (Å²) in [5.74, 6) is -1.68. The number of rotatable bonds is 9. The molecule has 1 amide bonds. The molecule has 1 unspecified atom stereocenters. The van der Waals surface area contributed by atoms with Crippen LogP contribution in [0.2, 0.25) is 0 Å². The molecule has 0 saturated carbocycles. The molecule has 0 aliphatic rings. The number of carbonyl (C=O) groups is 2. The summed E-state index contributed by atoms with van der Waals surface area (Å²) >= 11 is 0. The van der Waals surface area contributed by atoms with Gasteiger partial charge in [0.15, 0.2) is 0 Å². The number of carboxylic acid groups (broad SMARTS) is 1. The number of carboxylic acids is 1. The van der Waals surface area contributed by atoms with Crippen LogP contribution in [0, 0.1) is 10.1 Å². The van der Waals surface area contributed by atoms with E-state index in [4.69, 9.17) is 5.11 Å². The van der Waals surface area contributed by atoms with Crippen LogP contribution in [0.15, 0.2) is 48.5 Å². The Morgan fingerprint density at radius 2 is 1.89 bits per heavy atom. The molecule has 8 heteroatoms. The van der Waals surface area contributed by atoms with E-state index in [1.807, 2.05) is 37.3 Å². The molecule has 0 saturated heterocycles. The molecule has 2 rings (SSSR count). The number of carbonyl (C=O) groups excluding carboxylic acids is 1. The summed E-state index contributed by atoms with van der Waals surface area (Å²) in [5.41, 5.74) is 1.10. The van der Waals surface area contributed by atoms with Gasteiger partial charge in [-0.25, -0.2) is 0 Å².